The summed E-state index contributed by atoms with van der Waals surface area (Å²) in [6.45, 7) is 0. The standard InChI is InChI=1S/C11H16N4O2/c1-15(2)13-10(16)7-8-3-5-9(6-4-8)11(12)14-17/h3-6,17H,7H2,1-2H3,(H2,12,14)(H,13,16). The van der Waals surface area contributed by atoms with Crippen LogP contribution in [0.15, 0.2) is 29.4 Å². The number of amidine groups is 1. The van der Waals surface area contributed by atoms with Crippen LogP contribution in [0.3, 0.4) is 0 Å². The fourth-order valence-corrected chi connectivity index (χ4v) is 1.33. The first-order valence-corrected chi connectivity index (χ1v) is 5.06. The van der Waals surface area contributed by atoms with Crippen LogP contribution in [0.1, 0.15) is 11.1 Å². The lowest BCUT2D eigenvalue weighted by atomic mass is 10.1. The zero-order valence-corrected chi connectivity index (χ0v) is 9.84. The number of nitrogens with one attached hydrogen (secondary N) is 1. The average molecular weight is 236 g/mol. The molecule has 0 atom stereocenters. The molecule has 0 aromatic heterocycles. The van der Waals surface area contributed by atoms with Crippen LogP contribution in [-0.2, 0) is 11.2 Å². The number of carbonyl (C=O) groups excluding carboxylic acids is 1. The van der Waals surface area contributed by atoms with E-state index in [1.807, 2.05) is 0 Å². The Labute approximate surface area is 99.7 Å². The number of rotatable bonds is 4. The topological polar surface area (TPSA) is 91.0 Å². The van der Waals surface area contributed by atoms with E-state index in [4.69, 9.17) is 10.9 Å². The highest BCUT2D eigenvalue weighted by Gasteiger charge is 2.05. The van der Waals surface area contributed by atoms with E-state index in [1.165, 1.54) is 0 Å². The van der Waals surface area contributed by atoms with Gasteiger partial charge in [0.25, 0.3) is 0 Å². The SMILES string of the molecule is CN(C)NC(=O)Cc1ccc(/C(N)=N/O)cc1. The van der Waals surface area contributed by atoms with Gasteiger partial charge >= 0.3 is 0 Å². The number of amides is 1. The monoisotopic (exact) mass is 236 g/mol. The number of hydrogen-bond acceptors (Lipinski definition) is 4. The van der Waals surface area contributed by atoms with Gasteiger partial charge in [0.1, 0.15) is 0 Å². The number of carbonyl (C=O) groups is 1. The number of nitrogens with zero attached hydrogens (tertiary/aromatic N) is 2. The molecule has 1 amide bonds. The molecule has 1 aromatic carbocycles. The van der Waals surface area contributed by atoms with E-state index in [0.717, 1.165) is 5.56 Å². The summed E-state index contributed by atoms with van der Waals surface area (Å²) in [5.74, 6) is -0.0409. The van der Waals surface area contributed by atoms with Crippen molar-refractivity contribution in [2.45, 2.75) is 6.42 Å². The average Bonchev–Trinajstić information content (AvgIpc) is 2.28. The van der Waals surface area contributed by atoms with Crippen molar-refractivity contribution >= 4 is 11.7 Å². The summed E-state index contributed by atoms with van der Waals surface area (Å²) in [4.78, 5) is 11.5. The number of oxime groups is 1. The second-order valence-corrected chi connectivity index (χ2v) is 3.79. The summed E-state index contributed by atoms with van der Waals surface area (Å²) in [6.07, 6.45) is 0.286. The molecule has 0 spiro atoms. The molecule has 4 N–H and O–H groups in total. The third-order valence-electron chi connectivity index (χ3n) is 2.07. The molecule has 0 heterocycles. The van der Waals surface area contributed by atoms with E-state index >= 15 is 0 Å². The van der Waals surface area contributed by atoms with Crippen molar-refractivity contribution in [1.82, 2.24) is 10.4 Å². The lowest BCUT2D eigenvalue weighted by Crippen LogP contribution is -2.37. The molecule has 0 radical (unpaired) electrons. The minimum Gasteiger partial charge on any atom is -0.409 e. The van der Waals surface area contributed by atoms with Crippen LogP contribution in [0, 0.1) is 0 Å². The molecule has 0 saturated carbocycles. The predicted octanol–water partition coefficient (Wildman–Crippen LogP) is -0.0836. The molecule has 0 unspecified atom stereocenters. The molecule has 6 nitrogen and oxygen atoms in total. The Balaban J connectivity index is 2.66. The Morgan fingerprint density at radius 3 is 2.47 bits per heavy atom. The highest BCUT2D eigenvalue weighted by molar-refractivity contribution is 5.97. The Hall–Kier alpha value is -2.08. The fraction of sp³-hybridized carbons (Fsp3) is 0.273. The van der Waals surface area contributed by atoms with Gasteiger partial charge in [0.05, 0.1) is 6.42 Å². The first-order chi connectivity index (χ1) is 8.02. The summed E-state index contributed by atoms with van der Waals surface area (Å²) in [6, 6.07) is 6.94. The maximum atomic E-state index is 11.5. The summed E-state index contributed by atoms with van der Waals surface area (Å²) in [5, 5.41) is 13.0. The predicted molar refractivity (Wildman–Crippen MR) is 64.5 cm³/mol. The van der Waals surface area contributed by atoms with Gasteiger partial charge in [-0.2, -0.15) is 0 Å². The van der Waals surface area contributed by atoms with Crippen molar-refractivity contribution in [2.24, 2.45) is 10.9 Å². The van der Waals surface area contributed by atoms with E-state index in [9.17, 15) is 4.79 Å². The smallest absolute Gasteiger partial charge is 0.238 e. The number of benzene rings is 1. The highest BCUT2D eigenvalue weighted by Crippen LogP contribution is 2.05. The Morgan fingerprint density at radius 2 is 2.00 bits per heavy atom. The van der Waals surface area contributed by atoms with Gasteiger partial charge in [0, 0.05) is 19.7 Å². The molecule has 0 aliphatic rings. The summed E-state index contributed by atoms with van der Waals surface area (Å²) >= 11 is 0. The van der Waals surface area contributed by atoms with Gasteiger partial charge in [-0.05, 0) is 5.56 Å². The minimum atomic E-state index is -0.0912. The van der Waals surface area contributed by atoms with Crippen LogP contribution in [0.25, 0.3) is 0 Å². The first-order valence-electron chi connectivity index (χ1n) is 5.06. The van der Waals surface area contributed by atoms with E-state index in [1.54, 1.807) is 43.4 Å². The molecular formula is C11H16N4O2. The van der Waals surface area contributed by atoms with Gasteiger partial charge in [-0.15, -0.1) is 0 Å². The van der Waals surface area contributed by atoms with Gasteiger partial charge in [0.15, 0.2) is 5.84 Å². The van der Waals surface area contributed by atoms with Crippen LogP contribution in [0.4, 0.5) is 0 Å². The lowest BCUT2D eigenvalue weighted by Gasteiger charge is -2.11. The van der Waals surface area contributed by atoms with Crippen molar-refractivity contribution in [3.8, 4) is 0 Å². The Morgan fingerprint density at radius 1 is 1.41 bits per heavy atom. The molecule has 92 valence electrons. The van der Waals surface area contributed by atoms with Crippen LogP contribution in [0.2, 0.25) is 0 Å². The second-order valence-electron chi connectivity index (χ2n) is 3.79. The fourth-order valence-electron chi connectivity index (χ4n) is 1.33. The van der Waals surface area contributed by atoms with Gasteiger partial charge in [-0.25, -0.2) is 5.01 Å². The number of hydrazine groups is 1. The summed E-state index contributed by atoms with van der Waals surface area (Å²) < 4.78 is 0. The largest absolute Gasteiger partial charge is 0.409 e. The van der Waals surface area contributed by atoms with Crippen LogP contribution in [0.5, 0.6) is 0 Å². The Bertz CT molecular complexity index is 412. The second kappa shape index (κ2) is 5.86. The van der Waals surface area contributed by atoms with Crippen molar-refractivity contribution < 1.29 is 10.0 Å². The molecule has 0 fully saturated rings. The van der Waals surface area contributed by atoms with Gasteiger partial charge < -0.3 is 10.9 Å². The molecule has 1 aromatic rings. The third-order valence-corrected chi connectivity index (χ3v) is 2.07. The van der Waals surface area contributed by atoms with Gasteiger partial charge in [-0.3, -0.25) is 10.2 Å². The lowest BCUT2D eigenvalue weighted by molar-refractivity contribution is -0.124. The van der Waals surface area contributed by atoms with Crippen molar-refractivity contribution in [3.05, 3.63) is 35.4 Å². The van der Waals surface area contributed by atoms with E-state index in [2.05, 4.69) is 10.6 Å². The summed E-state index contributed by atoms with van der Waals surface area (Å²) in [5.41, 5.74) is 9.55. The molecule has 0 aliphatic carbocycles. The molecule has 0 aliphatic heterocycles. The molecule has 0 bridgehead atoms. The van der Waals surface area contributed by atoms with Crippen molar-refractivity contribution in [2.75, 3.05) is 14.1 Å². The number of hydrogen-bond donors (Lipinski definition) is 3. The molecular weight excluding hydrogens is 220 g/mol. The first kappa shape index (κ1) is 13.0. The van der Waals surface area contributed by atoms with E-state index in [0.29, 0.717) is 5.56 Å². The zero-order chi connectivity index (χ0) is 12.8. The van der Waals surface area contributed by atoms with E-state index in [-0.39, 0.29) is 18.2 Å². The Kier molecular flexibility index (Phi) is 4.47. The molecule has 6 heteroatoms. The maximum absolute atomic E-state index is 11.5. The van der Waals surface area contributed by atoms with Crippen LogP contribution >= 0.6 is 0 Å². The van der Waals surface area contributed by atoms with Crippen molar-refractivity contribution in [3.63, 3.8) is 0 Å². The summed E-state index contributed by atoms with van der Waals surface area (Å²) in [7, 11) is 3.50. The number of nitrogens with two attached hydrogens (primary N) is 1. The van der Waals surface area contributed by atoms with Crippen LogP contribution in [-0.4, -0.2) is 36.1 Å². The van der Waals surface area contributed by atoms with Crippen molar-refractivity contribution in [1.29, 1.82) is 0 Å². The highest BCUT2D eigenvalue weighted by atomic mass is 16.4. The van der Waals surface area contributed by atoms with E-state index < -0.39 is 0 Å². The molecule has 17 heavy (non-hydrogen) atoms. The quantitative estimate of drug-likeness (QED) is 0.295. The maximum Gasteiger partial charge on any atom is 0.238 e. The normalized spacial score (nSPS) is 11.6. The zero-order valence-electron chi connectivity index (χ0n) is 9.84. The van der Waals surface area contributed by atoms with Crippen LogP contribution < -0.4 is 11.2 Å². The van der Waals surface area contributed by atoms with Gasteiger partial charge in [0.2, 0.25) is 5.91 Å². The van der Waals surface area contributed by atoms with Gasteiger partial charge in [-0.1, -0.05) is 29.4 Å². The molecule has 0 saturated heterocycles. The molecule has 1 rings (SSSR count). The third kappa shape index (κ3) is 4.12. The minimum absolute atomic E-state index is 0.0503.